The summed E-state index contributed by atoms with van der Waals surface area (Å²) in [5.41, 5.74) is 2.86. The number of carbonyl (C=O) groups excluding carboxylic acids is 2. The van der Waals surface area contributed by atoms with E-state index >= 15 is 0 Å². The Labute approximate surface area is 145 Å². The van der Waals surface area contributed by atoms with Crippen LogP contribution in [0.1, 0.15) is 12.0 Å². The van der Waals surface area contributed by atoms with E-state index in [0.29, 0.717) is 0 Å². The number of likely N-dealkylation sites (tertiary alicyclic amines) is 1. The van der Waals surface area contributed by atoms with Crippen molar-refractivity contribution in [1.82, 2.24) is 9.88 Å². The Balaban J connectivity index is 1.40. The molecule has 0 spiro atoms. The van der Waals surface area contributed by atoms with Crippen LogP contribution >= 0.6 is 0 Å². The normalized spacial score (nSPS) is 29.7. The lowest BCUT2D eigenvalue weighted by Gasteiger charge is -2.19. The van der Waals surface area contributed by atoms with Gasteiger partial charge in [0, 0.05) is 11.6 Å². The average molecular weight is 333 g/mol. The first-order valence-electron chi connectivity index (χ1n) is 8.77. The smallest absolute Gasteiger partial charge is 0.235 e. The fourth-order valence-corrected chi connectivity index (χ4v) is 4.74. The van der Waals surface area contributed by atoms with E-state index in [9.17, 15) is 9.59 Å². The maximum Gasteiger partial charge on any atom is 0.235 e. The summed E-state index contributed by atoms with van der Waals surface area (Å²) in [5, 5.41) is 4.33. The van der Waals surface area contributed by atoms with Crippen LogP contribution in [-0.4, -0.2) is 28.4 Å². The third kappa shape index (κ3) is 1.98. The molecule has 2 fully saturated rings. The molecular formula is C20H19N3O2. The zero-order chi connectivity index (χ0) is 17.1. The van der Waals surface area contributed by atoms with Gasteiger partial charge in [-0.3, -0.25) is 19.5 Å². The van der Waals surface area contributed by atoms with Gasteiger partial charge in [-0.1, -0.05) is 24.3 Å². The number of rotatable bonds is 3. The Bertz CT molecular complexity index is 906. The molecule has 25 heavy (non-hydrogen) atoms. The van der Waals surface area contributed by atoms with Gasteiger partial charge in [-0.15, -0.1) is 0 Å². The minimum absolute atomic E-state index is 0.0243. The standard InChI is InChI=1S/C20H19N3O2/c1-11-7-8-21-18-14(11)3-2-4-15(18)22-10-23-19(24)16-12-5-6-13(9-12)17(16)20(23)25/h2-8,12-13,16-17,22H,9-10H2,1H3/t12-,13-,16+,17+/m1/s1. The van der Waals surface area contributed by atoms with Gasteiger partial charge >= 0.3 is 0 Å². The molecule has 2 amide bonds. The SMILES string of the molecule is Cc1ccnc2c(NCN3C(=O)[C@@H]4[C@@H](C3=O)[C@@H]3C=C[C@@H]4C3)cccc12. The number of anilines is 1. The quantitative estimate of drug-likeness (QED) is 0.693. The zero-order valence-electron chi connectivity index (χ0n) is 14.0. The number of hydrogen-bond acceptors (Lipinski definition) is 4. The molecule has 0 radical (unpaired) electrons. The van der Waals surface area contributed by atoms with Gasteiger partial charge in [-0.05, 0) is 42.9 Å². The van der Waals surface area contributed by atoms with E-state index in [1.54, 1.807) is 6.20 Å². The van der Waals surface area contributed by atoms with E-state index in [4.69, 9.17) is 0 Å². The van der Waals surface area contributed by atoms with Crippen molar-refractivity contribution in [2.75, 3.05) is 12.0 Å². The van der Waals surface area contributed by atoms with Crippen LogP contribution in [0.3, 0.4) is 0 Å². The Morgan fingerprint density at radius 2 is 1.84 bits per heavy atom. The fraction of sp³-hybridized carbons (Fsp3) is 0.350. The van der Waals surface area contributed by atoms with Crippen molar-refractivity contribution in [3.63, 3.8) is 0 Å². The minimum atomic E-state index is -0.141. The summed E-state index contributed by atoms with van der Waals surface area (Å²) >= 11 is 0. The second-order valence-corrected chi connectivity index (χ2v) is 7.27. The molecule has 2 heterocycles. The number of nitrogens with one attached hydrogen (secondary N) is 1. The minimum Gasteiger partial charge on any atom is -0.365 e. The number of allylic oxidation sites excluding steroid dienone is 2. The van der Waals surface area contributed by atoms with E-state index in [1.165, 1.54) is 4.90 Å². The van der Waals surface area contributed by atoms with Crippen molar-refractivity contribution in [1.29, 1.82) is 0 Å². The van der Waals surface area contributed by atoms with Gasteiger partial charge < -0.3 is 5.32 Å². The third-order valence-corrected chi connectivity index (χ3v) is 5.98. The van der Waals surface area contributed by atoms with Gasteiger partial charge in [-0.2, -0.15) is 0 Å². The molecule has 2 bridgehead atoms. The Kier molecular flexibility index (Phi) is 3.02. The number of benzene rings is 1. The van der Waals surface area contributed by atoms with Crippen LogP contribution in [0.15, 0.2) is 42.6 Å². The van der Waals surface area contributed by atoms with Crippen molar-refractivity contribution >= 4 is 28.4 Å². The molecule has 3 aliphatic rings. The van der Waals surface area contributed by atoms with E-state index in [2.05, 4.69) is 22.5 Å². The van der Waals surface area contributed by atoms with Gasteiger partial charge in [0.15, 0.2) is 0 Å². The summed E-state index contributed by atoms with van der Waals surface area (Å²) in [4.78, 5) is 31.3. The Hall–Kier alpha value is -2.69. The molecule has 4 atom stereocenters. The number of aromatic nitrogens is 1. The lowest BCUT2D eigenvalue weighted by Crippen LogP contribution is -2.37. The van der Waals surface area contributed by atoms with Gasteiger partial charge in [-0.25, -0.2) is 0 Å². The maximum atomic E-state index is 12.7. The summed E-state index contributed by atoms with van der Waals surface area (Å²) in [7, 11) is 0. The third-order valence-electron chi connectivity index (χ3n) is 5.98. The van der Waals surface area contributed by atoms with Crippen LogP contribution in [0.5, 0.6) is 0 Å². The van der Waals surface area contributed by atoms with E-state index < -0.39 is 0 Å². The molecule has 126 valence electrons. The number of aryl methyl sites for hydroxylation is 1. The second-order valence-electron chi connectivity index (χ2n) is 7.27. The monoisotopic (exact) mass is 333 g/mol. The molecule has 1 aromatic carbocycles. The van der Waals surface area contributed by atoms with Crippen molar-refractivity contribution in [3.8, 4) is 0 Å². The lowest BCUT2D eigenvalue weighted by molar-refractivity contribution is -0.140. The topological polar surface area (TPSA) is 62.3 Å². The largest absolute Gasteiger partial charge is 0.365 e. The number of nitrogens with zero attached hydrogens (tertiary/aromatic N) is 2. The molecule has 5 rings (SSSR count). The predicted molar refractivity (Wildman–Crippen MR) is 94.5 cm³/mol. The average Bonchev–Trinajstić information content (AvgIpc) is 3.29. The molecule has 1 saturated heterocycles. The van der Waals surface area contributed by atoms with Crippen molar-refractivity contribution in [2.24, 2.45) is 23.7 Å². The molecule has 5 nitrogen and oxygen atoms in total. The number of para-hydroxylation sites is 1. The van der Waals surface area contributed by atoms with Crippen LogP contribution in [0.2, 0.25) is 0 Å². The number of amides is 2. The van der Waals surface area contributed by atoms with Gasteiger partial charge in [0.1, 0.15) is 0 Å². The van der Waals surface area contributed by atoms with E-state index in [-0.39, 0.29) is 42.2 Å². The van der Waals surface area contributed by atoms with Crippen molar-refractivity contribution in [3.05, 3.63) is 48.2 Å². The molecule has 5 heteroatoms. The highest BCUT2D eigenvalue weighted by Gasteiger charge is 2.59. The van der Waals surface area contributed by atoms with Gasteiger partial charge in [0.2, 0.25) is 11.8 Å². The first-order chi connectivity index (χ1) is 12.1. The van der Waals surface area contributed by atoms with Crippen LogP contribution in [0.4, 0.5) is 5.69 Å². The number of pyridine rings is 1. The number of hydrogen-bond donors (Lipinski definition) is 1. The molecule has 1 N–H and O–H groups in total. The van der Waals surface area contributed by atoms with Crippen LogP contribution < -0.4 is 5.32 Å². The lowest BCUT2D eigenvalue weighted by atomic mass is 9.85. The summed E-state index contributed by atoms with van der Waals surface area (Å²) in [6.45, 7) is 2.25. The summed E-state index contributed by atoms with van der Waals surface area (Å²) in [5.74, 6) is 0.165. The van der Waals surface area contributed by atoms with Crippen molar-refractivity contribution in [2.45, 2.75) is 13.3 Å². The first kappa shape index (κ1) is 14.6. The van der Waals surface area contributed by atoms with Gasteiger partial charge in [0.05, 0.1) is 29.7 Å². The zero-order valence-corrected chi connectivity index (χ0v) is 14.0. The van der Waals surface area contributed by atoms with E-state index in [1.807, 2.05) is 31.2 Å². The van der Waals surface area contributed by atoms with Crippen LogP contribution in [0.25, 0.3) is 10.9 Å². The molecule has 2 aromatic rings. The highest BCUT2D eigenvalue weighted by Crippen LogP contribution is 2.52. The van der Waals surface area contributed by atoms with Crippen molar-refractivity contribution < 1.29 is 9.59 Å². The second kappa shape index (κ2) is 5.15. The number of fused-ring (bicyclic) bond motifs is 6. The number of imide groups is 1. The summed E-state index contributed by atoms with van der Waals surface area (Å²) in [6, 6.07) is 7.91. The first-order valence-corrected chi connectivity index (χ1v) is 8.77. The van der Waals surface area contributed by atoms with Gasteiger partial charge in [0.25, 0.3) is 0 Å². The predicted octanol–water partition coefficient (Wildman–Crippen LogP) is 2.72. The van der Waals surface area contributed by atoms with E-state index in [0.717, 1.165) is 28.6 Å². The van der Waals surface area contributed by atoms with Crippen LogP contribution in [-0.2, 0) is 9.59 Å². The highest BCUT2D eigenvalue weighted by molar-refractivity contribution is 6.06. The summed E-state index contributed by atoms with van der Waals surface area (Å²) in [6.07, 6.45) is 6.97. The highest BCUT2D eigenvalue weighted by atomic mass is 16.2. The fourth-order valence-electron chi connectivity index (χ4n) is 4.74. The molecule has 0 unspecified atom stereocenters. The molecule has 1 aromatic heterocycles. The molecule has 1 saturated carbocycles. The van der Waals surface area contributed by atoms with Crippen LogP contribution in [0, 0.1) is 30.6 Å². The number of carbonyl (C=O) groups is 2. The Morgan fingerprint density at radius 1 is 1.12 bits per heavy atom. The molecule has 1 aliphatic heterocycles. The maximum absolute atomic E-state index is 12.7. The Morgan fingerprint density at radius 3 is 2.56 bits per heavy atom. The molecular weight excluding hydrogens is 314 g/mol. The molecule has 2 aliphatic carbocycles. The summed E-state index contributed by atoms with van der Waals surface area (Å²) < 4.78 is 0.